The number of hydrogen-bond acceptors (Lipinski definition) is 3. The zero-order valence-electron chi connectivity index (χ0n) is 10.9. The Bertz CT molecular complexity index is 422. The molecule has 0 bridgehead atoms. The molecule has 3 atom stereocenters. The van der Waals surface area contributed by atoms with Crippen LogP contribution in [0.3, 0.4) is 0 Å². The van der Waals surface area contributed by atoms with E-state index in [1.54, 1.807) is 0 Å². The van der Waals surface area contributed by atoms with Gasteiger partial charge in [0.2, 0.25) is 0 Å². The molecule has 1 aromatic carbocycles. The molecule has 100 valence electrons. The lowest BCUT2D eigenvalue weighted by Crippen LogP contribution is -2.42. The lowest BCUT2D eigenvalue weighted by atomic mass is 9.96. The van der Waals surface area contributed by atoms with E-state index >= 15 is 0 Å². The summed E-state index contributed by atoms with van der Waals surface area (Å²) in [7, 11) is 0. The number of aliphatic hydroxyl groups excluding tert-OH is 1. The van der Waals surface area contributed by atoms with Gasteiger partial charge in [0, 0.05) is 19.1 Å². The number of halogens is 1. The van der Waals surface area contributed by atoms with Crippen LogP contribution in [0.5, 0.6) is 0 Å². The number of hydrogen-bond donors (Lipinski definition) is 2. The Morgan fingerprint density at radius 3 is 2.78 bits per heavy atom. The van der Waals surface area contributed by atoms with E-state index in [4.69, 9.17) is 17.3 Å². The fourth-order valence-electron chi connectivity index (χ4n) is 2.41. The topological polar surface area (TPSA) is 49.5 Å². The highest BCUT2D eigenvalue weighted by molar-refractivity contribution is 6.33. The fraction of sp³-hybridized carbons (Fsp3) is 0.571. The average molecular weight is 269 g/mol. The van der Waals surface area contributed by atoms with Gasteiger partial charge in [0.15, 0.2) is 0 Å². The van der Waals surface area contributed by atoms with Gasteiger partial charge >= 0.3 is 0 Å². The summed E-state index contributed by atoms with van der Waals surface area (Å²) >= 11 is 6.33. The third-order valence-corrected chi connectivity index (χ3v) is 4.00. The van der Waals surface area contributed by atoms with E-state index in [0.29, 0.717) is 0 Å². The van der Waals surface area contributed by atoms with Crippen LogP contribution in [0, 0.1) is 5.92 Å². The number of nitrogens with two attached hydrogens (primary N) is 1. The van der Waals surface area contributed by atoms with Crippen molar-refractivity contribution in [3.8, 4) is 0 Å². The van der Waals surface area contributed by atoms with Crippen LogP contribution in [-0.4, -0.2) is 24.3 Å². The van der Waals surface area contributed by atoms with Gasteiger partial charge in [-0.1, -0.05) is 24.6 Å². The van der Waals surface area contributed by atoms with E-state index in [9.17, 15) is 5.11 Å². The van der Waals surface area contributed by atoms with E-state index in [0.717, 1.165) is 35.8 Å². The van der Waals surface area contributed by atoms with Crippen molar-refractivity contribution in [3.63, 3.8) is 0 Å². The first kappa shape index (κ1) is 13.7. The molecule has 1 aliphatic rings. The van der Waals surface area contributed by atoms with E-state index in [1.807, 2.05) is 25.1 Å². The number of nitrogens with zero attached hydrogens (tertiary/aromatic N) is 1. The summed E-state index contributed by atoms with van der Waals surface area (Å²) in [4.78, 5) is 2.24. The zero-order valence-corrected chi connectivity index (χ0v) is 11.7. The highest BCUT2D eigenvalue weighted by Crippen LogP contribution is 2.31. The van der Waals surface area contributed by atoms with Crippen LogP contribution in [0.1, 0.15) is 31.9 Å². The third-order valence-electron chi connectivity index (χ3n) is 3.70. The molecule has 1 aromatic rings. The number of aliphatic hydroxyl groups is 1. The summed E-state index contributed by atoms with van der Waals surface area (Å²) in [6, 6.07) is 6.00. The summed E-state index contributed by atoms with van der Waals surface area (Å²) in [6.07, 6.45) is 0.607. The maximum absolute atomic E-state index is 9.75. The molecular weight excluding hydrogens is 248 g/mol. The molecule has 0 spiro atoms. The van der Waals surface area contributed by atoms with Crippen LogP contribution >= 0.6 is 11.6 Å². The number of rotatable bonds is 2. The summed E-state index contributed by atoms with van der Waals surface area (Å²) in [6.45, 7) is 5.72. The summed E-state index contributed by atoms with van der Waals surface area (Å²) in [5.74, 6) is 0.280. The van der Waals surface area contributed by atoms with Crippen LogP contribution in [0.4, 0.5) is 5.69 Å². The second-order valence-corrected chi connectivity index (χ2v) is 5.69. The summed E-state index contributed by atoms with van der Waals surface area (Å²) < 4.78 is 0. The van der Waals surface area contributed by atoms with Crippen molar-refractivity contribution in [1.82, 2.24) is 0 Å². The van der Waals surface area contributed by atoms with Crippen LogP contribution in [0.15, 0.2) is 18.2 Å². The Labute approximate surface area is 114 Å². The molecule has 1 fully saturated rings. The van der Waals surface area contributed by atoms with Crippen LogP contribution < -0.4 is 10.6 Å². The molecule has 0 aliphatic carbocycles. The van der Waals surface area contributed by atoms with Gasteiger partial charge in [-0.15, -0.1) is 0 Å². The van der Waals surface area contributed by atoms with Gasteiger partial charge in [0.1, 0.15) is 0 Å². The Hall–Kier alpha value is -0.770. The van der Waals surface area contributed by atoms with Gasteiger partial charge in [0.05, 0.1) is 16.8 Å². The molecule has 0 radical (unpaired) electrons. The second kappa shape index (κ2) is 5.47. The van der Waals surface area contributed by atoms with Crippen molar-refractivity contribution in [2.45, 2.75) is 32.4 Å². The highest BCUT2D eigenvalue weighted by atomic mass is 35.5. The van der Waals surface area contributed by atoms with Gasteiger partial charge in [-0.05, 0) is 37.0 Å². The first-order valence-electron chi connectivity index (χ1n) is 6.47. The van der Waals surface area contributed by atoms with Gasteiger partial charge in [0.25, 0.3) is 0 Å². The highest BCUT2D eigenvalue weighted by Gasteiger charge is 2.25. The van der Waals surface area contributed by atoms with Crippen molar-refractivity contribution in [2.75, 3.05) is 18.0 Å². The maximum Gasteiger partial charge on any atom is 0.0642 e. The molecule has 1 saturated heterocycles. The summed E-state index contributed by atoms with van der Waals surface area (Å²) in [5.41, 5.74) is 7.94. The van der Waals surface area contributed by atoms with Crippen molar-refractivity contribution in [2.24, 2.45) is 11.7 Å². The quantitative estimate of drug-likeness (QED) is 0.867. The van der Waals surface area contributed by atoms with Crippen molar-refractivity contribution < 1.29 is 5.11 Å². The maximum atomic E-state index is 9.75. The monoisotopic (exact) mass is 268 g/mol. The normalized spacial score (nSPS) is 26.2. The van der Waals surface area contributed by atoms with E-state index in [2.05, 4.69) is 11.8 Å². The number of benzene rings is 1. The summed E-state index contributed by atoms with van der Waals surface area (Å²) in [5, 5.41) is 10.5. The van der Waals surface area contributed by atoms with Crippen molar-refractivity contribution in [3.05, 3.63) is 28.8 Å². The Morgan fingerprint density at radius 1 is 1.50 bits per heavy atom. The lowest BCUT2D eigenvalue weighted by molar-refractivity contribution is 0.0971. The molecule has 3 nitrogen and oxygen atoms in total. The Balaban J connectivity index is 2.19. The van der Waals surface area contributed by atoms with Gasteiger partial charge < -0.3 is 15.7 Å². The number of anilines is 1. The smallest absolute Gasteiger partial charge is 0.0642 e. The predicted molar refractivity (Wildman–Crippen MR) is 76.1 cm³/mol. The number of piperidine rings is 1. The largest absolute Gasteiger partial charge is 0.393 e. The minimum Gasteiger partial charge on any atom is -0.393 e. The van der Waals surface area contributed by atoms with Crippen molar-refractivity contribution >= 4 is 17.3 Å². The fourth-order valence-corrected chi connectivity index (χ4v) is 2.72. The predicted octanol–water partition coefficient (Wildman–Crippen LogP) is 2.57. The second-order valence-electron chi connectivity index (χ2n) is 5.28. The van der Waals surface area contributed by atoms with Crippen LogP contribution in [-0.2, 0) is 0 Å². The van der Waals surface area contributed by atoms with E-state index in [-0.39, 0.29) is 18.1 Å². The lowest BCUT2D eigenvalue weighted by Gasteiger charge is -2.36. The van der Waals surface area contributed by atoms with Gasteiger partial charge in [-0.2, -0.15) is 0 Å². The van der Waals surface area contributed by atoms with Gasteiger partial charge in [-0.25, -0.2) is 0 Å². The standard InChI is InChI=1S/C14H21ClN2O/c1-9-8-17(6-5-14(9)18)13-4-3-11(10(2)16)7-12(13)15/h3-4,7,9-10,14,18H,5-6,8,16H2,1-2H3/t9?,10-,14?/m1/s1. The molecule has 3 N–H and O–H groups in total. The third kappa shape index (κ3) is 2.79. The molecule has 0 amide bonds. The molecule has 0 aromatic heterocycles. The first-order chi connectivity index (χ1) is 8.49. The molecule has 2 unspecified atom stereocenters. The zero-order chi connectivity index (χ0) is 13.3. The van der Waals surface area contributed by atoms with E-state index < -0.39 is 0 Å². The molecular formula is C14H21ClN2O. The minimum absolute atomic E-state index is 0.00125. The van der Waals surface area contributed by atoms with Crippen LogP contribution in [0.2, 0.25) is 5.02 Å². The molecule has 2 rings (SSSR count). The molecule has 1 heterocycles. The van der Waals surface area contributed by atoms with E-state index in [1.165, 1.54) is 0 Å². The first-order valence-corrected chi connectivity index (χ1v) is 6.85. The molecule has 1 aliphatic heterocycles. The van der Waals surface area contributed by atoms with Crippen molar-refractivity contribution in [1.29, 1.82) is 0 Å². The Kier molecular flexibility index (Phi) is 4.15. The SMILES string of the molecule is CC1CN(c2ccc([C@@H](C)N)cc2Cl)CCC1O. The van der Waals surface area contributed by atoms with Crippen LogP contribution in [0.25, 0.3) is 0 Å². The van der Waals surface area contributed by atoms with Gasteiger partial charge in [-0.3, -0.25) is 0 Å². The molecule has 4 heteroatoms. The average Bonchev–Trinajstić information content (AvgIpc) is 2.32. The molecule has 18 heavy (non-hydrogen) atoms. The minimum atomic E-state index is -0.191. The molecule has 0 saturated carbocycles. The Morgan fingerprint density at radius 2 is 2.22 bits per heavy atom.